The number of nitrogens with zero attached hydrogens (tertiary/aromatic N) is 3. The molecule has 0 bridgehead atoms. The highest BCUT2D eigenvalue weighted by Gasteiger charge is 2.29. The van der Waals surface area contributed by atoms with Crippen LogP contribution in [0.25, 0.3) is 11.3 Å². The highest BCUT2D eigenvalue weighted by atomic mass is 19.1. The molecule has 2 aromatic carbocycles. The summed E-state index contributed by atoms with van der Waals surface area (Å²) in [5.41, 5.74) is 7.36. The summed E-state index contributed by atoms with van der Waals surface area (Å²) in [7, 11) is 1.15. The second-order valence-corrected chi connectivity index (χ2v) is 7.65. The van der Waals surface area contributed by atoms with Crippen LogP contribution in [0.5, 0.6) is 5.75 Å². The van der Waals surface area contributed by atoms with Crippen LogP contribution in [0.15, 0.2) is 42.5 Å². The molecule has 166 valence electrons. The number of halogens is 2. The van der Waals surface area contributed by atoms with E-state index in [4.69, 9.17) is 5.73 Å². The third-order valence-electron chi connectivity index (χ3n) is 5.65. The molecule has 3 N–H and O–H groups in total. The van der Waals surface area contributed by atoms with Gasteiger partial charge in [0.15, 0.2) is 5.82 Å². The van der Waals surface area contributed by atoms with Crippen molar-refractivity contribution in [3.8, 4) is 17.0 Å². The third kappa shape index (κ3) is 4.05. The molecule has 1 aliphatic rings. The Balaban J connectivity index is 1.65. The number of phenolic OH excluding ortho intramolecular Hbond substituents is 1. The molecular formula is C23H22F2N4O3. The summed E-state index contributed by atoms with van der Waals surface area (Å²) in [5.74, 6) is -2.57. The standard InChI is InChI=1S/C23H22F2N4O3/c1-32-23(31)14-9-16(24)21(17(25)10-14)13-5-4-8-29(12-13)19-11-18(27-28-22(19)26)15-6-2-3-7-20(15)30/h2-3,6-7,9-11,13,30H,4-5,8,12H2,1H3,(H2,26,28). The van der Waals surface area contributed by atoms with Crippen LogP contribution in [0.4, 0.5) is 20.3 Å². The summed E-state index contributed by atoms with van der Waals surface area (Å²) in [5, 5.41) is 18.2. The van der Waals surface area contributed by atoms with Crippen molar-refractivity contribution in [3.05, 3.63) is 65.2 Å². The quantitative estimate of drug-likeness (QED) is 0.594. The first-order chi connectivity index (χ1) is 15.4. The van der Waals surface area contributed by atoms with Gasteiger partial charge in [0.2, 0.25) is 0 Å². The van der Waals surface area contributed by atoms with Crippen molar-refractivity contribution in [2.75, 3.05) is 30.8 Å². The minimum absolute atomic E-state index is 0.0591. The molecule has 9 heteroatoms. The molecule has 1 saturated heterocycles. The van der Waals surface area contributed by atoms with Crippen molar-refractivity contribution in [1.29, 1.82) is 0 Å². The van der Waals surface area contributed by atoms with E-state index in [1.165, 1.54) is 0 Å². The molecule has 1 atom stereocenters. The number of piperidine rings is 1. The summed E-state index contributed by atoms with van der Waals surface area (Å²) < 4.78 is 34.1. The topological polar surface area (TPSA) is 102 Å². The Morgan fingerprint density at radius 3 is 2.59 bits per heavy atom. The van der Waals surface area contributed by atoms with Gasteiger partial charge in [-0.1, -0.05) is 12.1 Å². The summed E-state index contributed by atoms with van der Waals surface area (Å²) in [6, 6.07) is 10.5. The number of aromatic hydroxyl groups is 1. The van der Waals surface area contributed by atoms with E-state index in [0.717, 1.165) is 19.2 Å². The number of para-hydroxylation sites is 1. The van der Waals surface area contributed by atoms with E-state index in [-0.39, 0.29) is 22.7 Å². The molecular weight excluding hydrogens is 418 g/mol. The summed E-state index contributed by atoms with van der Waals surface area (Å²) in [6.45, 7) is 0.928. The Bertz CT molecular complexity index is 1150. The minimum Gasteiger partial charge on any atom is -0.507 e. The number of hydrogen-bond donors (Lipinski definition) is 2. The number of hydrogen-bond acceptors (Lipinski definition) is 7. The van der Waals surface area contributed by atoms with Crippen LogP contribution in [0.1, 0.15) is 34.7 Å². The molecule has 4 rings (SSSR count). The van der Waals surface area contributed by atoms with Gasteiger partial charge in [0.25, 0.3) is 0 Å². The zero-order valence-corrected chi connectivity index (χ0v) is 17.4. The zero-order chi connectivity index (χ0) is 22.8. The van der Waals surface area contributed by atoms with Crippen molar-refractivity contribution in [2.45, 2.75) is 18.8 Å². The van der Waals surface area contributed by atoms with Gasteiger partial charge in [0, 0.05) is 30.1 Å². The monoisotopic (exact) mass is 440 g/mol. The molecule has 1 aliphatic heterocycles. The van der Waals surface area contributed by atoms with Gasteiger partial charge in [-0.25, -0.2) is 13.6 Å². The van der Waals surface area contributed by atoms with E-state index in [2.05, 4.69) is 14.9 Å². The molecule has 7 nitrogen and oxygen atoms in total. The van der Waals surface area contributed by atoms with Gasteiger partial charge in [-0.15, -0.1) is 10.2 Å². The van der Waals surface area contributed by atoms with Gasteiger partial charge in [-0.05, 0) is 43.2 Å². The van der Waals surface area contributed by atoms with Crippen LogP contribution in [-0.2, 0) is 4.74 Å². The van der Waals surface area contributed by atoms with Gasteiger partial charge in [0.1, 0.15) is 17.4 Å². The number of carbonyl (C=O) groups is 1. The normalized spacial score (nSPS) is 16.1. The number of anilines is 2. The van der Waals surface area contributed by atoms with E-state index in [1.807, 2.05) is 4.90 Å². The SMILES string of the molecule is COC(=O)c1cc(F)c(C2CCCN(c3cc(-c4ccccc4O)nnc3N)C2)c(F)c1. The van der Waals surface area contributed by atoms with Crippen molar-refractivity contribution >= 4 is 17.5 Å². The lowest BCUT2D eigenvalue weighted by molar-refractivity contribution is 0.0599. The van der Waals surface area contributed by atoms with E-state index < -0.39 is 23.5 Å². The fourth-order valence-corrected chi connectivity index (χ4v) is 4.11. The lowest BCUT2D eigenvalue weighted by Crippen LogP contribution is -2.35. The Labute approximate surface area is 183 Å². The third-order valence-corrected chi connectivity index (χ3v) is 5.65. The lowest BCUT2D eigenvalue weighted by Gasteiger charge is -2.35. The van der Waals surface area contributed by atoms with Crippen LogP contribution in [0, 0.1) is 11.6 Å². The average molecular weight is 440 g/mol. The summed E-state index contributed by atoms with van der Waals surface area (Å²) in [6.07, 6.45) is 1.25. The maximum atomic E-state index is 14.8. The number of nitrogen functional groups attached to an aromatic ring is 1. The highest BCUT2D eigenvalue weighted by Crippen LogP contribution is 2.36. The fraction of sp³-hybridized carbons (Fsp3) is 0.261. The lowest BCUT2D eigenvalue weighted by atomic mass is 9.89. The van der Waals surface area contributed by atoms with Gasteiger partial charge >= 0.3 is 5.97 Å². The summed E-state index contributed by atoms with van der Waals surface area (Å²) >= 11 is 0. The number of methoxy groups -OCH3 is 1. The first-order valence-electron chi connectivity index (χ1n) is 10.1. The van der Waals surface area contributed by atoms with Gasteiger partial charge in [-0.2, -0.15) is 0 Å². The molecule has 1 fully saturated rings. The fourth-order valence-electron chi connectivity index (χ4n) is 4.11. The van der Waals surface area contributed by atoms with Crippen LogP contribution < -0.4 is 10.6 Å². The Hall–Kier alpha value is -3.75. The number of ether oxygens (including phenoxy) is 1. The van der Waals surface area contributed by atoms with Crippen molar-refractivity contribution in [3.63, 3.8) is 0 Å². The molecule has 32 heavy (non-hydrogen) atoms. The average Bonchev–Trinajstić information content (AvgIpc) is 2.79. The van der Waals surface area contributed by atoms with E-state index in [9.17, 15) is 18.7 Å². The number of carbonyl (C=O) groups excluding carboxylic acids is 1. The molecule has 2 heterocycles. The number of aromatic nitrogens is 2. The van der Waals surface area contributed by atoms with Gasteiger partial charge in [0.05, 0.1) is 24.1 Å². The zero-order valence-electron chi connectivity index (χ0n) is 17.4. The first kappa shape index (κ1) is 21.5. The molecule has 0 saturated carbocycles. The highest BCUT2D eigenvalue weighted by molar-refractivity contribution is 5.89. The number of rotatable bonds is 4. The molecule has 3 aromatic rings. The van der Waals surface area contributed by atoms with Crippen LogP contribution >= 0.6 is 0 Å². The number of nitrogens with two attached hydrogens (primary N) is 1. The smallest absolute Gasteiger partial charge is 0.338 e. The summed E-state index contributed by atoms with van der Waals surface area (Å²) in [4.78, 5) is 13.6. The van der Waals surface area contributed by atoms with E-state index in [1.54, 1.807) is 30.3 Å². The Morgan fingerprint density at radius 2 is 1.91 bits per heavy atom. The minimum atomic E-state index is -0.799. The predicted octanol–water partition coefficient (Wildman–Crippen LogP) is 3.88. The largest absolute Gasteiger partial charge is 0.507 e. The maximum absolute atomic E-state index is 14.8. The molecule has 0 amide bonds. The predicted molar refractivity (Wildman–Crippen MR) is 115 cm³/mol. The molecule has 1 unspecified atom stereocenters. The molecule has 0 aliphatic carbocycles. The van der Waals surface area contributed by atoms with Crippen molar-refractivity contribution in [2.24, 2.45) is 0 Å². The second-order valence-electron chi connectivity index (χ2n) is 7.65. The molecule has 0 spiro atoms. The first-order valence-corrected chi connectivity index (χ1v) is 10.1. The Kier molecular flexibility index (Phi) is 5.89. The number of esters is 1. The van der Waals surface area contributed by atoms with Crippen molar-refractivity contribution < 1.29 is 23.4 Å². The van der Waals surface area contributed by atoms with Gasteiger partial charge < -0.3 is 20.5 Å². The van der Waals surface area contributed by atoms with Gasteiger partial charge in [-0.3, -0.25) is 0 Å². The number of phenols is 1. The Morgan fingerprint density at radius 1 is 1.19 bits per heavy atom. The maximum Gasteiger partial charge on any atom is 0.338 e. The van der Waals surface area contributed by atoms with E-state index >= 15 is 0 Å². The second kappa shape index (κ2) is 8.78. The van der Waals surface area contributed by atoms with Crippen LogP contribution in [-0.4, -0.2) is 41.5 Å². The molecule has 0 radical (unpaired) electrons. The molecule has 1 aromatic heterocycles. The van der Waals surface area contributed by atoms with Crippen molar-refractivity contribution in [1.82, 2.24) is 10.2 Å². The number of benzene rings is 2. The van der Waals surface area contributed by atoms with Crippen LogP contribution in [0.2, 0.25) is 0 Å². The van der Waals surface area contributed by atoms with E-state index in [0.29, 0.717) is 42.9 Å². The van der Waals surface area contributed by atoms with Crippen LogP contribution in [0.3, 0.4) is 0 Å².